The Labute approximate surface area is 118 Å². The van der Waals surface area contributed by atoms with Gasteiger partial charge in [-0.15, -0.1) is 5.10 Å². The Balaban J connectivity index is 1.69. The Hall–Kier alpha value is -1.79. The van der Waals surface area contributed by atoms with Gasteiger partial charge in [0, 0.05) is 0 Å². The molecular weight excluding hydrogens is 252 g/mol. The second kappa shape index (κ2) is 6.11. The van der Waals surface area contributed by atoms with Gasteiger partial charge in [-0.25, -0.2) is 0 Å². The van der Waals surface area contributed by atoms with Crippen LogP contribution in [0.25, 0.3) is 5.69 Å². The molecule has 1 aliphatic rings. The van der Waals surface area contributed by atoms with Crippen molar-refractivity contribution in [3.05, 3.63) is 36.2 Å². The highest BCUT2D eigenvalue weighted by Crippen LogP contribution is 2.18. The summed E-state index contributed by atoms with van der Waals surface area (Å²) < 4.78 is 1.81. The second-order valence-corrected chi connectivity index (χ2v) is 5.30. The van der Waals surface area contributed by atoms with Crippen LogP contribution in [-0.4, -0.2) is 44.7 Å². The van der Waals surface area contributed by atoms with Gasteiger partial charge in [-0.2, -0.15) is 4.68 Å². The molecule has 0 atom stereocenters. The van der Waals surface area contributed by atoms with Crippen LogP contribution in [0.4, 0.5) is 0 Å². The summed E-state index contributed by atoms with van der Waals surface area (Å²) in [5, 5.41) is 12.1. The quantitative estimate of drug-likeness (QED) is 0.892. The molecular formula is C14H20N6. The van der Waals surface area contributed by atoms with E-state index in [0.29, 0.717) is 5.92 Å². The summed E-state index contributed by atoms with van der Waals surface area (Å²) in [6.07, 6.45) is 2.34. The molecule has 1 aliphatic heterocycles. The predicted octanol–water partition coefficient (Wildman–Crippen LogP) is 0.833. The smallest absolute Gasteiger partial charge is 0.170 e. The van der Waals surface area contributed by atoms with Gasteiger partial charge in [0.15, 0.2) is 5.82 Å². The van der Waals surface area contributed by atoms with Crippen LogP contribution in [0.15, 0.2) is 30.3 Å². The molecule has 0 radical (unpaired) electrons. The topological polar surface area (TPSA) is 72.9 Å². The van der Waals surface area contributed by atoms with Crippen molar-refractivity contribution >= 4 is 0 Å². The van der Waals surface area contributed by atoms with Crippen molar-refractivity contribution in [2.45, 2.75) is 19.4 Å². The monoisotopic (exact) mass is 272 g/mol. The largest absolute Gasteiger partial charge is 0.330 e. The van der Waals surface area contributed by atoms with Gasteiger partial charge in [-0.05, 0) is 61.0 Å². The molecule has 6 nitrogen and oxygen atoms in total. The number of piperidine rings is 1. The van der Waals surface area contributed by atoms with Crippen LogP contribution < -0.4 is 5.73 Å². The summed E-state index contributed by atoms with van der Waals surface area (Å²) >= 11 is 0. The van der Waals surface area contributed by atoms with Gasteiger partial charge in [-0.3, -0.25) is 4.90 Å². The van der Waals surface area contributed by atoms with Gasteiger partial charge in [0.05, 0.1) is 12.2 Å². The zero-order valence-electron chi connectivity index (χ0n) is 11.5. The molecule has 20 heavy (non-hydrogen) atoms. The van der Waals surface area contributed by atoms with E-state index < -0.39 is 0 Å². The van der Waals surface area contributed by atoms with E-state index in [9.17, 15) is 0 Å². The van der Waals surface area contributed by atoms with E-state index in [0.717, 1.165) is 37.7 Å². The Morgan fingerprint density at radius 2 is 1.90 bits per heavy atom. The molecule has 1 aromatic carbocycles. The molecule has 0 unspecified atom stereocenters. The molecule has 6 heteroatoms. The molecule has 0 saturated carbocycles. The van der Waals surface area contributed by atoms with E-state index in [4.69, 9.17) is 5.73 Å². The van der Waals surface area contributed by atoms with E-state index in [-0.39, 0.29) is 0 Å². The van der Waals surface area contributed by atoms with Gasteiger partial charge < -0.3 is 5.73 Å². The van der Waals surface area contributed by atoms with Crippen molar-refractivity contribution in [1.82, 2.24) is 25.1 Å². The van der Waals surface area contributed by atoms with E-state index in [1.165, 1.54) is 12.8 Å². The lowest BCUT2D eigenvalue weighted by Gasteiger charge is -2.30. The fourth-order valence-electron chi connectivity index (χ4n) is 2.65. The summed E-state index contributed by atoms with van der Waals surface area (Å²) in [4.78, 5) is 2.40. The minimum atomic E-state index is 0.677. The molecule has 1 aromatic heterocycles. The van der Waals surface area contributed by atoms with Crippen LogP contribution in [0.5, 0.6) is 0 Å². The molecule has 106 valence electrons. The number of rotatable bonds is 4. The molecule has 3 rings (SSSR count). The van der Waals surface area contributed by atoms with Crippen LogP contribution in [0.3, 0.4) is 0 Å². The first-order chi connectivity index (χ1) is 9.86. The van der Waals surface area contributed by atoms with Gasteiger partial charge in [0.1, 0.15) is 0 Å². The Morgan fingerprint density at radius 1 is 1.15 bits per heavy atom. The lowest BCUT2D eigenvalue weighted by atomic mass is 9.97. The van der Waals surface area contributed by atoms with E-state index in [1.54, 1.807) is 0 Å². The average molecular weight is 272 g/mol. The fraction of sp³-hybridized carbons (Fsp3) is 0.500. The van der Waals surface area contributed by atoms with E-state index >= 15 is 0 Å². The van der Waals surface area contributed by atoms with Crippen LogP contribution in [0, 0.1) is 5.92 Å². The lowest BCUT2D eigenvalue weighted by Crippen LogP contribution is -2.36. The van der Waals surface area contributed by atoms with Crippen molar-refractivity contribution in [2.75, 3.05) is 19.6 Å². The number of hydrogen-bond acceptors (Lipinski definition) is 5. The number of aromatic nitrogens is 4. The number of benzene rings is 1. The second-order valence-electron chi connectivity index (χ2n) is 5.30. The third-order valence-electron chi connectivity index (χ3n) is 3.94. The number of likely N-dealkylation sites (tertiary alicyclic amines) is 1. The maximum atomic E-state index is 5.73. The van der Waals surface area contributed by atoms with Crippen LogP contribution in [0.1, 0.15) is 18.7 Å². The van der Waals surface area contributed by atoms with Gasteiger partial charge in [0.25, 0.3) is 0 Å². The molecule has 0 bridgehead atoms. The first kappa shape index (κ1) is 13.2. The summed E-state index contributed by atoms with van der Waals surface area (Å²) in [5.74, 6) is 1.57. The van der Waals surface area contributed by atoms with Crippen molar-refractivity contribution in [1.29, 1.82) is 0 Å². The molecule has 1 fully saturated rings. The predicted molar refractivity (Wildman–Crippen MR) is 76.2 cm³/mol. The maximum Gasteiger partial charge on any atom is 0.170 e. The zero-order valence-corrected chi connectivity index (χ0v) is 11.5. The standard InChI is InChI=1S/C14H20N6/c15-10-12-6-8-19(9-7-12)11-14-16-17-18-20(14)13-4-2-1-3-5-13/h1-5,12H,6-11,15H2. The highest BCUT2D eigenvalue weighted by Gasteiger charge is 2.20. The zero-order chi connectivity index (χ0) is 13.8. The first-order valence-corrected chi connectivity index (χ1v) is 7.12. The van der Waals surface area contributed by atoms with Crippen LogP contribution in [0.2, 0.25) is 0 Å². The SMILES string of the molecule is NCC1CCN(Cc2nnnn2-c2ccccc2)CC1. The number of hydrogen-bond donors (Lipinski definition) is 1. The summed E-state index contributed by atoms with van der Waals surface area (Å²) in [6, 6.07) is 10.0. The van der Waals surface area contributed by atoms with Crippen molar-refractivity contribution in [2.24, 2.45) is 11.7 Å². The Morgan fingerprint density at radius 3 is 2.60 bits per heavy atom. The van der Waals surface area contributed by atoms with Crippen molar-refractivity contribution in [3.8, 4) is 5.69 Å². The van der Waals surface area contributed by atoms with Crippen molar-refractivity contribution in [3.63, 3.8) is 0 Å². The highest BCUT2D eigenvalue weighted by atomic mass is 15.5. The fourth-order valence-corrected chi connectivity index (χ4v) is 2.65. The third kappa shape index (κ3) is 2.86. The van der Waals surface area contributed by atoms with Crippen LogP contribution in [-0.2, 0) is 6.54 Å². The van der Waals surface area contributed by atoms with Crippen LogP contribution >= 0.6 is 0 Å². The lowest BCUT2D eigenvalue weighted by molar-refractivity contribution is 0.175. The molecule has 1 saturated heterocycles. The summed E-state index contributed by atoms with van der Waals surface area (Å²) in [5.41, 5.74) is 6.73. The summed E-state index contributed by atoms with van der Waals surface area (Å²) in [6.45, 7) is 3.74. The van der Waals surface area contributed by atoms with Gasteiger partial charge in [-0.1, -0.05) is 18.2 Å². The summed E-state index contributed by atoms with van der Waals surface area (Å²) in [7, 11) is 0. The minimum absolute atomic E-state index is 0.677. The molecule has 2 aromatic rings. The van der Waals surface area contributed by atoms with Crippen molar-refractivity contribution < 1.29 is 0 Å². The maximum absolute atomic E-state index is 5.73. The minimum Gasteiger partial charge on any atom is -0.330 e. The number of tetrazole rings is 1. The molecule has 0 amide bonds. The molecule has 2 heterocycles. The Kier molecular flexibility index (Phi) is 4.03. The van der Waals surface area contributed by atoms with Gasteiger partial charge in [0.2, 0.25) is 0 Å². The average Bonchev–Trinajstić information content (AvgIpc) is 2.97. The first-order valence-electron chi connectivity index (χ1n) is 7.12. The van der Waals surface area contributed by atoms with Gasteiger partial charge >= 0.3 is 0 Å². The molecule has 0 spiro atoms. The molecule has 0 aliphatic carbocycles. The molecule has 2 N–H and O–H groups in total. The normalized spacial score (nSPS) is 17.4. The van der Waals surface area contributed by atoms with E-state index in [2.05, 4.69) is 20.4 Å². The number of nitrogens with two attached hydrogens (primary N) is 1. The third-order valence-corrected chi connectivity index (χ3v) is 3.94. The van der Waals surface area contributed by atoms with E-state index in [1.807, 2.05) is 35.0 Å². The number of nitrogens with zero attached hydrogens (tertiary/aromatic N) is 5. The highest BCUT2D eigenvalue weighted by molar-refractivity contribution is 5.30. The Bertz CT molecular complexity index is 530. The number of para-hydroxylation sites is 1.